The fraction of sp³-hybridized carbons (Fsp3) is 0. The maximum absolute atomic E-state index is 13.4. The molecule has 2 nitrogen and oxygen atoms in total. The number of halogens is 4. The lowest BCUT2D eigenvalue weighted by molar-refractivity contribution is 1.65. The molecule has 0 unspecified atom stereocenters. The van der Waals surface area contributed by atoms with Gasteiger partial charge in [-0.2, -0.15) is 0 Å². The van der Waals surface area contributed by atoms with Gasteiger partial charge >= 0.3 is 0 Å². The smallest absolute Gasteiger partial charge is 0.194 e. The molecule has 0 radical (unpaired) electrons. The summed E-state index contributed by atoms with van der Waals surface area (Å²) in [6, 6.07) is 9.96. The molecule has 2 aliphatic carbocycles. The first-order valence-corrected chi connectivity index (χ1v) is 9.89. The van der Waals surface area contributed by atoms with Crippen LogP contribution in [0.3, 0.4) is 0 Å². The van der Waals surface area contributed by atoms with E-state index in [0.29, 0.717) is 74.3 Å². The molecule has 4 aromatic carbocycles. The molecular weight excluding hydrogens is 438 g/mol. The van der Waals surface area contributed by atoms with Crippen LogP contribution in [0, 0.1) is 0 Å². The summed E-state index contributed by atoms with van der Waals surface area (Å²) in [5, 5.41) is 5.92. The van der Waals surface area contributed by atoms with Crippen LogP contribution >= 0.6 is 46.4 Å². The van der Waals surface area contributed by atoms with Crippen molar-refractivity contribution in [3.8, 4) is 11.1 Å². The third-order valence-electron chi connectivity index (χ3n) is 5.53. The van der Waals surface area contributed by atoms with Crippen molar-refractivity contribution >= 4 is 89.5 Å². The van der Waals surface area contributed by atoms with Crippen molar-refractivity contribution in [2.75, 3.05) is 0 Å². The monoisotopic (exact) mass is 442 g/mol. The molecule has 0 aromatic heterocycles. The van der Waals surface area contributed by atoms with Gasteiger partial charge in [0, 0.05) is 74.3 Å². The summed E-state index contributed by atoms with van der Waals surface area (Å²) < 4.78 is 0. The van der Waals surface area contributed by atoms with E-state index in [9.17, 15) is 9.59 Å². The summed E-state index contributed by atoms with van der Waals surface area (Å²) in [5.74, 6) is 0. The predicted molar refractivity (Wildman–Crippen MR) is 119 cm³/mol. The first-order chi connectivity index (χ1) is 13.4. The number of rotatable bonds is 0. The summed E-state index contributed by atoms with van der Waals surface area (Å²) in [7, 11) is 0. The van der Waals surface area contributed by atoms with E-state index in [4.69, 9.17) is 46.4 Å². The van der Waals surface area contributed by atoms with E-state index in [0.717, 1.165) is 0 Å². The number of hydrogen-bond donors (Lipinski definition) is 0. The maximum Gasteiger partial charge on any atom is 0.194 e. The lowest BCUT2D eigenvalue weighted by atomic mass is 9.81. The molecule has 134 valence electrons. The Morgan fingerprint density at radius 2 is 0.821 bits per heavy atom. The predicted octanol–water partition coefficient (Wildman–Crippen LogP) is 7.05. The minimum atomic E-state index is -0.192. The Kier molecular flexibility index (Phi) is 3.17. The average molecular weight is 444 g/mol. The maximum atomic E-state index is 13.4. The number of benzene rings is 6. The molecule has 0 bridgehead atoms. The second-order valence-corrected chi connectivity index (χ2v) is 8.66. The van der Waals surface area contributed by atoms with Gasteiger partial charge in [-0.1, -0.05) is 46.4 Å². The molecule has 0 heterocycles. The van der Waals surface area contributed by atoms with E-state index in [-0.39, 0.29) is 10.9 Å². The summed E-state index contributed by atoms with van der Waals surface area (Å²) in [6.45, 7) is 0. The summed E-state index contributed by atoms with van der Waals surface area (Å²) in [6.07, 6.45) is 0. The molecule has 2 aliphatic rings. The van der Waals surface area contributed by atoms with Gasteiger partial charge in [-0.25, -0.2) is 0 Å². The molecule has 4 aromatic rings. The Morgan fingerprint density at radius 1 is 0.464 bits per heavy atom. The van der Waals surface area contributed by atoms with Crippen LogP contribution in [0.2, 0.25) is 20.1 Å². The highest BCUT2D eigenvalue weighted by Gasteiger charge is 2.28. The quantitative estimate of drug-likeness (QED) is 0.186. The van der Waals surface area contributed by atoms with Crippen LogP contribution < -0.4 is 10.9 Å². The second-order valence-electron chi connectivity index (χ2n) is 6.97. The Morgan fingerprint density at radius 3 is 1.21 bits per heavy atom. The van der Waals surface area contributed by atoms with E-state index in [1.165, 1.54) is 0 Å². The van der Waals surface area contributed by atoms with Gasteiger partial charge in [0.1, 0.15) is 0 Å². The molecule has 28 heavy (non-hydrogen) atoms. The van der Waals surface area contributed by atoms with Gasteiger partial charge in [-0.3, -0.25) is 9.59 Å². The Balaban J connectivity index is 2.16. The topological polar surface area (TPSA) is 34.1 Å². The summed E-state index contributed by atoms with van der Waals surface area (Å²) >= 11 is 25.5. The third-order valence-corrected chi connectivity index (χ3v) is 6.59. The van der Waals surface area contributed by atoms with Crippen LogP contribution in [0.15, 0.2) is 46.0 Å². The highest BCUT2D eigenvalue weighted by molar-refractivity contribution is 6.44. The Bertz CT molecular complexity index is 1560. The molecule has 0 N–H and O–H groups in total. The molecule has 0 atom stereocenters. The zero-order chi connectivity index (χ0) is 19.5. The standard InChI is InChI=1S/C22H6Cl4O2/c23-7-1-9-15(25)5-13-19-17(9)11(3-7)21(27)14-6-16(26)10-2-8(24)4-12(22(13)28)18(10)20(14)19/h1-6H. The molecule has 0 spiro atoms. The largest absolute Gasteiger partial charge is 0.289 e. The first-order valence-electron chi connectivity index (χ1n) is 8.38. The summed E-state index contributed by atoms with van der Waals surface area (Å²) in [5.41, 5.74) is 1.04. The van der Waals surface area contributed by atoms with Crippen LogP contribution in [-0.2, 0) is 0 Å². The Hall–Kier alpha value is -2.10. The highest BCUT2D eigenvalue weighted by Crippen LogP contribution is 2.48. The van der Waals surface area contributed by atoms with E-state index < -0.39 is 0 Å². The fourth-order valence-corrected chi connectivity index (χ4v) is 5.43. The molecule has 0 saturated carbocycles. The zero-order valence-electron chi connectivity index (χ0n) is 13.8. The molecule has 6 rings (SSSR count). The summed E-state index contributed by atoms with van der Waals surface area (Å²) in [4.78, 5) is 26.7. The average Bonchev–Trinajstić information content (AvgIpc) is 2.65. The van der Waals surface area contributed by atoms with Gasteiger partial charge < -0.3 is 0 Å². The van der Waals surface area contributed by atoms with Crippen LogP contribution in [-0.4, -0.2) is 0 Å². The van der Waals surface area contributed by atoms with Crippen molar-refractivity contribution < 1.29 is 0 Å². The molecule has 0 aliphatic heterocycles. The van der Waals surface area contributed by atoms with Gasteiger partial charge in [0.15, 0.2) is 10.9 Å². The SMILES string of the molecule is O=c1c2cc(Cl)c3cc(Cl)cc4c(=O)c5cc(Cl)c6cc(Cl)cc1c6c5-c2c34. The normalized spacial score (nSPS) is 12.6. The van der Waals surface area contributed by atoms with E-state index in [2.05, 4.69) is 0 Å². The van der Waals surface area contributed by atoms with E-state index in [1.807, 2.05) is 0 Å². The van der Waals surface area contributed by atoms with Gasteiger partial charge in [0.25, 0.3) is 0 Å². The van der Waals surface area contributed by atoms with Crippen LogP contribution in [0.4, 0.5) is 0 Å². The minimum absolute atomic E-state index is 0.192. The fourth-order valence-electron chi connectivity index (χ4n) is 4.48. The molecule has 0 amide bonds. The van der Waals surface area contributed by atoms with Gasteiger partial charge in [0.2, 0.25) is 0 Å². The van der Waals surface area contributed by atoms with Crippen molar-refractivity contribution in [2.24, 2.45) is 0 Å². The van der Waals surface area contributed by atoms with Gasteiger partial charge in [0.05, 0.1) is 0 Å². The second kappa shape index (κ2) is 5.28. The number of hydrogen-bond acceptors (Lipinski definition) is 2. The van der Waals surface area contributed by atoms with Crippen molar-refractivity contribution in [3.05, 3.63) is 76.9 Å². The first kappa shape index (κ1) is 16.8. The van der Waals surface area contributed by atoms with Gasteiger partial charge in [-0.05, 0) is 36.4 Å². The molecular formula is C22H6Cl4O2. The highest BCUT2D eigenvalue weighted by atomic mass is 35.5. The zero-order valence-corrected chi connectivity index (χ0v) is 16.8. The lowest BCUT2D eigenvalue weighted by Gasteiger charge is -2.22. The van der Waals surface area contributed by atoms with Crippen molar-refractivity contribution in [1.29, 1.82) is 0 Å². The van der Waals surface area contributed by atoms with Crippen molar-refractivity contribution in [2.45, 2.75) is 0 Å². The van der Waals surface area contributed by atoms with Crippen LogP contribution in [0.25, 0.3) is 54.2 Å². The minimum Gasteiger partial charge on any atom is -0.289 e. The molecule has 6 heteroatoms. The van der Waals surface area contributed by atoms with E-state index in [1.54, 1.807) is 36.4 Å². The molecule has 0 fully saturated rings. The van der Waals surface area contributed by atoms with Crippen molar-refractivity contribution in [1.82, 2.24) is 0 Å². The van der Waals surface area contributed by atoms with Crippen LogP contribution in [0.1, 0.15) is 0 Å². The van der Waals surface area contributed by atoms with Gasteiger partial charge in [-0.15, -0.1) is 0 Å². The van der Waals surface area contributed by atoms with E-state index >= 15 is 0 Å². The third kappa shape index (κ3) is 1.87. The Labute approximate surface area is 177 Å². The van der Waals surface area contributed by atoms with Crippen LogP contribution in [0.5, 0.6) is 0 Å². The molecule has 0 saturated heterocycles. The van der Waals surface area contributed by atoms with Crippen molar-refractivity contribution in [3.63, 3.8) is 0 Å². The lowest BCUT2D eigenvalue weighted by Crippen LogP contribution is -2.13.